The van der Waals surface area contributed by atoms with Gasteiger partial charge in [0.2, 0.25) is 0 Å². The van der Waals surface area contributed by atoms with E-state index in [9.17, 15) is 0 Å². The first kappa shape index (κ1) is 6.60. The molecule has 1 aliphatic rings. The third-order valence-corrected chi connectivity index (χ3v) is 0.707. The fourth-order valence-electron chi connectivity index (χ4n) is 0.177. The van der Waals surface area contributed by atoms with Gasteiger partial charge in [-0.3, -0.25) is 0 Å². The van der Waals surface area contributed by atoms with Gasteiger partial charge in [0.1, 0.15) is 0 Å². The van der Waals surface area contributed by atoms with Crippen LogP contribution in [0.15, 0.2) is 0 Å². The smallest absolute Gasteiger partial charge is 1.00 e. The first-order chi connectivity index (χ1) is 2.00. The maximum atomic E-state index is 3.11. The Hall–Kier alpha value is 1.60. The zero-order chi connectivity index (χ0) is 2.83. The predicted molar refractivity (Wildman–Crippen MR) is 18.6 cm³/mol. The Morgan fingerprint density at radius 1 is 1.40 bits per heavy atom. The summed E-state index contributed by atoms with van der Waals surface area (Å²) in [6.45, 7) is 2.50. The molecule has 1 heterocycles. The first-order valence-corrected chi connectivity index (χ1v) is 1.71. The standard InChI is InChI=1S/C3H7N.K.H/c1-2-4-3-1;;/h4H,1-3H2;;/q;+1;-1. The molecule has 0 bridgehead atoms. The van der Waals surface area contributed by atoms with Crippen LogP contribution < -0.4 is 56.7 Å². The molecule has 0 radical (unpaired) electrons. The third kappa shape index (κ3) is 2.31. The van der Waals surface area contributed by atoms with Crippen molar-refractivity contribution in [1.29, 1.82) is 0 Å². The van der Waals surface area contributed by atoms with Crippen LogP contribution in [0.5, 0.6) is 0 Å². The Morgan fingerprint density at radius 2 is 1.60 bits per heavy atom. The van der Waals surface area contributed by atoms with Crippen LogP contribution in [0.1, 0.15) is 7.85 Å². The van der Waals surface area contributed by atoms with Gasteiger partial charge in [-0.15, -0.1) is 0 Å². The van der Waals surface area contributed by atoms with Crippen molar-refractivity contribution >= 4 is 0 Å². The first-order valence-electron chi connectivity index (χ1n) is 1.71. The second-order valence-electron chi connectivity index (χ2n) is 1.10. The molecule has 1 nitrogen and oxygen atoms in total. The van der Waals surface area contributed by atoms with Crippen LogP contribution in [0.25, 0.3) is 0 Å². The summed E-state index contributed by atoms with van der Waals surface area (Å²) in [7, 11) is 0. The molecule has 0 spiro atoms. The normalized spacial score (nSPS) is 19.2. The number of nitrogens with one attached hydrogen (secondary N) is 1. The molecule has 1 fully saturated rings. The van der Waals surface area contributed by atoms with Crippen molar-refractivity contribution in [3.63, 3.8) is 0 Å². The molecule has 0 aliphatic carbocycles. The summed E-state index contributed by atoms with van der Waals surface area (Å²) < 4.78 is 0. The predicted octanol–water partition coefficient (Wildman–Crippen LogP) is -2.90. The maximum Gasteiger partial charge on any atom is 1.00 e. The Balaban J connectivity index is 0. The topological polar surface area (TPSA) is 12.0 Å². The largest absolute Gasteiger partial charge is 1.00 e. The minimum Gasteiger partial charge on any atom is -1.00 e. The maximum absolute atomic E-state index is 3.11. The van der Waals surface area contributed by atoms with Crippen LogP contribution in [-0.2, 0) is 0 Å². The molecule has 0 amide bonds. The monoisotopic (exact) mass is 97.0 g/mol. The van der Waals surface area contributed by atoms with Gasteiger partial charge in [0, 0.05) is 0 Å². The summed E-state index contributed by atoms with van der Waals surface area (Å²) in [5.41, 5.74) is 0. The van der Waals surface area contributed by atoms with Crippen molar-refractivity contribution in [2.24, 2.45) is 0 Å². The molecule has 0 aromatic heterocycles. The van der Waals surface area contributed by atoms with Gasteiger partial charge in [0.05, 0.1) is 0 Å². The van der Waals surface area contributed by atoms with Gasteiger partial charge in [0.15, 0.2) is 0 Å². The van der Waals surface area contributed by atoms with Gasteiger partial charge >= 0.3 is 51.4 Å². The zero-order valence-corrected chi connectivity index (χ0v) is 6.74. The summed E-state index contributed by atoms with van der Waals surface area (Å²) in [5.74, 6) is 0. The summed E-state index contributed by atoms with van der Waals surface area (Å²) in [4.78, 5) is 0. The molecule has 1 aliphatic heterocycles. The van der Waals surface area contributed by atoms with E-state index in [4.69, 9.17) is 0 Å². The molecule has 0 saturated carbocycles. The summed E-state index contributed by atoms with van der Waals surface area (Å²) in [6.07, 6.45) is 1.39. The van der Waals surface area contributed by atoms with E-state index in [-0.39, 0.29) is 52.8 Å². The van der Waals surface area contributed by atoms with Crippen LogP contribution in [0, 0.1) is 0 Å². The van der Waals surface area contributed by atoms with E-state index in [2.05, 4.69) is 5.32 Å². The quantitative estimate of drug-likeness (QED) is 0.320. The van der Waals surface area contributed by atoms with Crippen molar-refractivity contribution in [3.05, 3.63) is 0 Å². The second kappa shape index (κ2) is 3.78. The van der Waals surface area contributed by atoms with E-state index < -0.39 is 0 Å². The Labute approximate surface area is 76.4 Å². The minimum atomic E-state index is 0. The molecular weight excluding hydrogens is 89.1 g/mol. The summed E-state index contributed by atoms with van der Waals surface area (Å²) >= 11 is 0. The van der Waals surface area contributed by atoms with Crippen LogP contribution in [0.3, 0.4) is 0 Å². The molecule has 2 heteroatoms. The Morgan fingerprint density at radius 3 is 1.60 bits per heavy atom. The molecule has 1 rings (SSSR count). The molecule has 0 atom stereocenters. The van der Waals surface area contributed by atoms with Crippen LogP contribution in [-0.4, -0.2) is 13.1 Å². The van der Waals surface area contributed by atoms with Gasteiger partial charge in [-0.1, -0.05) is 0 Å². The molecule has 5 heavy (non-hydrogen) atoms. The fourth-order valence-corrected chi connectivity index (χ4v) is 0.177. The zero-order valence-electron chi connectivity index (χ0n) is 4.62. The molecule has 0 aromatic carbocycles. The van der Waals surface area contributed by atoms with E-state index >= 15 is 0 Å². The van der Waals surface area contributed by atoms with E-state index in [0.29, 0.717) is 0 Å². The van der Waals surface area contributed by atoms with Crippen LogP contribution >= 0.6 is 0 Å². The molecule has 0 unspecified atom stereocenters. The van der Waals surface area contributed by atoms with Gasteiger partial charge < -0.3 is 6.74 Å². The fraction of sp³-hybridized carbons (Fsp3) is 1.00. The third-order valence-electron chi connectivity index (χ3n) is 0.707. The van der Waals surface area contributed by atoms with E-state index in [1.807, 2.05) is 0 Å². The van der Waals surface area contributed by atoms with Gasteiger partial charge in [-0.05, 0) is 19.5 Å². The van der Waals surface area contributed by atoms with E-state index in [0.717, 1.165) is 0 Å². The van der Waals surface area contributed by atoms with Crippen molar-refractivity contribution in [1.82, 2.24) is 5.32 Å². The second-order valence-corrected chi connectivity index (χ2v) is 1.10. The van der Waals surface area contributed by atoms with E-state index in [1.165, 1.54) is 19.5 Å². The molecule has 1 saturated heterocycles. The molecule has 1 N–H and O–H groups in total. The number of rotatable bonds is 0. The summed E-state index contributed by atoms with van der Waals surface area (Å²) in [6, 6.07) is 0. The van der Waals surface area contributed by atoms with Crippen molar-refractivity contribution in [2.75, 3.05) is 13.1 Å². The van der Waals surface area contributed by atoms with Crippen LogP contribution in [0.2, 0.25) is 0 Å². The van der Waals surface area contributed by atoms with Gasteiger partial charge in [-0.25, -0.2) is 0 Å². The Bertz CT molecular complexity index is 18.8. The van der Waals surface area contributed by atoms with Crippen LogP contribution in [0.4, 0.5) is 0 Å². The average Bonchev–Trinajstić information content (AvgIpc) is 0.722. The molecule has 0 aromatic rings. The average molecular weight is 97.2 g/mol. The van der Waals surface area contributed by atoms with Crippen molar-refractivity contribution in [2.45, 2.75) is 6.42 Å². The van der Waals surface area contributed by atoms with Gasteiger partial charge in [-0.2, -0.15) is 0 Å². The van der Waals surface area contributed by atoms with Crippen molar-refractivity contribution < 1.29 is 52.8 Å². The molecular formula is C3H8KN. The Kier molecular flexibility index (Phi) is 4.98. The SMILES string of the molecule is C1CNC1.[H-].[K+]. The number of hydrogen-bond acceptors (Lipinski definition) is 1. The van der Waals surface area contributed by atoms with E-state index in [1.54, 1.807) is 0 Å². The number of hydrogen-bond donors (Lipinski definition) is 1. The molecule has 26 valence electrons. The minimum absolute atomic E-state index is 0. The van der Waals surface area contributed by atoms with Gasteiger partial charge in [0.25, 0.3) is 0 Å². The van der Waals surface area contributed by atoms with Crippen molar-refractivity contribution in [3.8, 4) is 0 Å². The summed E-state index contributed by atoms with van der Waals surface area (Å²) in [5, 5.41) is 3.11.